The highest BCUT2D eigenvalue weighted by atomic mass is 15.1. The molecule has 0 radical (unpaired) electrons. The third-order valence-electron chi connectivity index (χ3n) is 5.78. The molecule has 0 spiro atoms. The van der Waals surface area contributed by atoms with Gasteiger partial charge in [-0.15, -0.1) is 0 Å². The molecular formula is C29H25N. The van der Waals surface area contributed by atoms with Gasteiger partial charge in [-0.1, -0.05) is 86.6 Å². The summed E-state index contributed by atoms with van der Waals surface area (Å²) in [4.78, 5) is 2.34. The second-order valence-corrected chi connectivity index (χ2v) is 8.15. The standard InChI is InChI=1S/C29H25N/c1-21(2)23-12-13-26-20-29(17-15-25(26)18-23)30(27-10-4-3-5-11-27)28-16-14-22-8-6-7-9-24(22)19-28/h3-21H,1-2H3. The minimum absolute atomic E-state index is 0.535. The largest absolute Gasteiger partial charge is 0.310 e. The van der Waals surface area contributed by atoms with E-state index in [0.29, 0.717) is 5.92 Å². The van der Waals surface area contributed by atoms with E-state index in [2.05, 4.69) is 128 Å². The summed E-state index contributed by atoms with van der Waals surface area (Å²) in [6.45, 7) is 4.48. The summed E-state index contributed by atoms with van der Waals surface area (Å²) in [5, 5.41) is 5.06. The molecule has 0 aliphatic rings. The van der Waals surface area contributed by atoms with E-state index >= 15 is 0 Å². The molecule has 0 bridgehead atoms. The van der Waals surface area contributed by atoms with Crippen molar-refractivity contribution < 1.29 is 0 Å². The third kappa shape index (κ3) is 3.44. The Hall–Kier alpha value is -3.58. The van der Waals surface area contributed by atoms with Crippen molar-refractivity contribution in [1.82, 2.24) is 0 Å². The van der Waals surface area contributed by atoms with E-state index in [4.69, 9.17) is 0 Å². The Bertz CT molecular complexity index is 1320. The Balaban J connectivity index is 1.67. The number of para-hydroxylation sites is 1. The first-order valence-electron chi connectivity index (χ1n) is 10.6. The number of anilines is 3. The van der Waals surface area contributed by atoms with Gasteiger partial charge in [-0.3, -0.25) is 0 Å². The average molecular weight is 388 g/mol. The molecule has 0 amide bonds. The highest BCUT2D eigenvalue weighted by Crippen LogP contribution is 2.37. The van der Waals surface area contributed by atoms with Gasteiger partial charge in [-0.25, -0.2) is 0 Å². The van der Waals surface area contributed by atoms with Crippen molar-refractivity contribution in [1.29, 1.82) is 0 Å². The second kappa shape index (κ2) is 7.68. The maximum Gasteiger partial charge on any atom is 0.0468 e. The fourth-order valence-corrected chi connectivity index (χ4v) is 4.09. The highest BCUT2D eigenvalue weighted by Gasteiger charge is 2.13. The third-order valence-corrected chi connectivity index (χ3v) is 5.78. The molecule has 0 fully saturated rings. The van der Waals surface area contributed by atoms with Crippen molar-refractivity contribution in [3.63, 3.8) is 0 Å². The first kappa shape index (κ1) is 18.4. The predicted molar refractivity (Wildman–Crippen MR) is 130 cm³/mol. The molecule has 0 saturated heterocycles. The molecular weight excluding hydrogens is 362 g/mol. The number of rotatable bonds is 4. The summed E-state index contributed by atoms with van der Waals surface area (Å²) < 4.78 is 0. The lowest BCUT2D eigenvalue weighted by atomic mass is 9.99. The molecule has 5 aromatic carbocycles. The average Bonchev–Trinajstić information content (AvgIpc) is 2.79. The predicted octanol–water partition coefficient (Wildman–Crippen LogP) is 8.59. The van der Waals surface area contributed by atoms with Crippen molar-refractivity contribution in [3.05, 3.63) is 115 Å². The molecule has 0 aliphatic carbocycles. The zero-order chi connectivity index (χ0) is 20.5. The molecule has 0 saturated carbocycles. The lowest BCUT2D eigenvalue weighted by Gasteiger charge is -2.26. The molecule has 30 heavy (non-hydrogen) atoms. The molecule has 0 unspecified atom stereocenters. The van der Waals surface area contributed by atoms with Crippen LogP contribution in [-0.2, 0) is 0 Å². The summed E-state index contributed by atoms with van der Waals surface area (Å²) in [5.41, 5.74) is 4.87. The fourth-order valence-electron chi connectivity index (χ4n) is 4.09. The smallest absolute Gasteiger partial charge is 0.0468 e. The van der Waals surface area contributed by atoms with E-state index in [9.17, 15) is 0 Å². The van der Waals surface area contributed by atoms with Crippen molar-refractivity contribution in [3.8, 4) is 0 Å². The molecule has 5 aromatic rings. The normalized spacial score (nSPS) is 11.3. The van der Waals surface area contributed by atoms with E-state index in [0.717, 1.165) is 11.4 Å². The molecule has 5 rings (SSSR count). The molecule has 1 heteroatoms. The van der Waals surface area contributed by atoms with Crippen LogP contribution >= 0.6 is 0 Å². The second-order valence-electron chi connectivity index (χ2n) is 8.15. The zero-order valence-electron chi connectivity index (χ0n) is 17.4. The first-order chi connectivity index (χ1) is 14.7. The van der Waals surface area contributed by atoms with Gasteiger partial charge >= 0.3 is 0 Å². The van der Waals surface area contributed by atoms with Crippen LogP contribution in [0.3, 0.4) is 0 Å². The Morgan fingerprint density at radius 1 is 0.467 bits per heavy atom. The van der Waals surface area contributed by atoms with Gasteiger partial charge in [-0.2, -0.15) is 0 Å². The van der Waals surface area contributed by atoms with Gasteiger partial charge in [0.25, 0.3) is 0 Å². The molecule has 0 N–H and O–H groups in total. The molecule has 0 aliphatic heterocycles. The van der Waals surface area contributed by atoms with Crippen molar-refractivity contribution in [2.24, 2.45) is 0 Å². The lowest BCUT2D eigenvalue weighted by Crippen LogP contribution is -2.09. The SMILES string of the molecule is CC(C)c1ccc2cc(N(c3ccccc3)c3ccc4ccccc4c3)ccc2c1. The van der Waals surface area contributed by atoms with Gasteiger partial charge in [0.1, 0.15) is 0 Å². The Morgan fingerprint density at radius 2 is 1.00 bits per heavy atom. The van der Waals surface area contributed by atoms with Crippen LogP contribution in [0.5, 0.6) is 0 Å². The quantitative estimate of drug-likeness (QED) is 0.298. The minimum Gasteiger partial charge on any atom is -0.310 e. The van der Waals surface area contributed by atoms with Crippen LogP contribution in [0.15, 0.2) is 109 Å². The molecule has 0 aromatic heterocycles. The molecule has 146 valence electrons. The van der Waals surface area contributed by atoms with Crippen molar-refractivity contribution in [2.75, 3.05) is 4.90 Å². The Kier molecular flexibility index (Phi) is 4.72. The van der Waals surface area contributed by atoms with Crippen LogP contribution in [0.25, 0.3) is 21.5 Å². The fraction of sp³-hybridized carbons (Fsp3) is 0.103. The van der Waals surface area contributed by atoms with E-state index < -0.39 is 0 Å². The number of hydrogen-bond acceptors (Lipinski definition) is 1. The number of fused-ring (bicyclic) bond motifs is 2. The van der Waals surface area contributed by atoms with Crippen LogP contribution < -0.4 is 4.90 Å². The molecule has 0 heterocycles. The molecule has 1 nitrogen and oxygen atoms in total. The highest BCUT2D eigenvalue weighted by molar-refractivity contribution is 5.92. The van der Waals surface area contributed by atoms with E-state index in [1.807, 2.05) is 0 Å². The first-order valence-corrected chi connectivity index (χ1v) is 10.6. The van der Waals surface area contributed by atoms with Crippen LogP contribution in [0.2, 0.25) is 0 Å². The van der Waals surface area contributed by atoms with E-state index in [-0.39, 0.29) is 0 Å². The minimum atomic E-state index is 0.535. The van der Waals surface area contributed by atoms with Gasteiger partial charge in [0.05, 0.1) is 0 Å². The lowest BCUT2D eigenvalue weighted by molar-refractivity contribution is 0.869. The topological polar surface area (TPSA) is 3.24 Å². The summed E-state index contributed by atoms with van der Waals surface area (Å²) in [6, 6.07) is 39.4. The van der Waals surface area contributed by atoms with Crippen LogP contribution in [0, 0.1) is 0 Å². The van der Waals surface area contributed by atoms with Gasteiger partial charge in [0.15, 0.2) is 0 Å². The van der Waals surface area contributed by atoms with Crippen LogP contribution in [0.4, 0.5) is 17.1 Å². The van der Waals surface area contributed by atoms with Gasteiger partial charge in [-0.05, 0) is 69.4 Å². The summed E-state index contributed by atoms with van der Waals surface area (Å²) in [7, 11) is 0. The van der Waals surface area contributed by atoms with Crippen molar-refractivity contribution in [2.45, 2.75) is 19.8 Å². The van der Waals surface area contributed by atoms with E-state index in [1.165, 1.54) is 32.8 Å². The zero-order valence-corrected chi connectivity index (χ0v) is 17.4. The summed E-state index contributed by atoms with van der Waals surface area (Å²) in [6.07, 6.45) is 0. The maximum atomic E-state index is 2.34. The monoisotopic (exact) mass is 387 g/mol. The molecule has 0 atom stereocenters. The van der Waals surface area contributed by atoms with Crippen LogP contribution in [-0.4, -0.2) is 0 Å². The van der Waals surface area contributed by atoms with Gasteiger partial charge in [0, 0.05) is 17.1 Å². The van der Waals surface area contributed by atoms with E-state index in [1.54, 1.807) is 0 Å². The van der Waals surface area contributed by atoms with Gasteiger partial charge < -0.3 is 4.90 Å². The maximum absolute atomic E-state index is 2.34. The van der Waals surface area contributed by atoms with Gasteiger partial charge in [0.2, 0.25) is 0 Å². The Morgan fingerprint density at radius 3 is 1.70 bits per heavy atom. The number of nitrogens with zero attached hydrogens (tertiary/aromatic N) is 1. The number of hydrogen-bond donors (Lipinski definition) is 0. The summed E-state index contributed by atoms with van der Waals surface area (Å²) >= 11 is 0. The van der Waals surface area contributed by atoms with Crippen LogP contribution in [0.1, 0.15) is 25.3 Å². The number of benzene rings is 5. The Labute approximate surface area is 178 Å². The van der Waals surface area contributed by atoms with Crippen molar-refractivity contribution >= 4 is 38.6 Å². The summed E-state index contributed by atoms with van der Waals surface area (Å²) in [5.74, 6) is 0.535.